The maximum atomic E-state index is 11.2. The van der Waals surface area contributed by atoms with E-state index in [1.165, 1.54) is 0 Å². The monoisotopic (exact) mass is 211 g/mol. The minimum atomic E-state index is -0.119. The van der Waals surface area contributed by atoms with E-state index in [4.69, 9.17) is 0 Å². The third-order valence-electron chi connectivity index (χ3n) is 2.26. The van der Waals surface area contributed by atoms with Crippen molar-refractivity contribution in [3.8, 4) is 0 Å². The predicted octanol–water partition coefficient (Wildman–Crippen LogP) is 0.812. The standard InChI is InChI=1S/C9H13N3OS/c1-3-7-11-6(4-14-7)8-10-5(2)9(13)12-8/h4-5,8,10H,3H2,1-2H3,(H,12,13). The number of hydrogen-bond donors (Lipinski definition) is 2. The summed E-state index contributed by atoms with van der Waals surface area (Å²) in [5.41, 5.74) is 0.921. The summed E-state index contributed by atoms with van der Waals surface area (Å²) < 4.78 is 0. The molecule has 0 spiro atoms. The number of nitrogens with one attached hydrogen (secondary N) is 2. The molecule has 0 radical (unpaired) electrons. The Hall–Kier alpha value is -0.940. The first-order valence-corrected chi connectivity index (χ1v) is 5.59. The van der Waals surface area contributed by atoms with Gasteiger partial charge in [0.15, 0.2) is 0 Å². The highest BCUT2D eigenvalue weighted by molar-refractivity contribution is 7.09. The van der Waals surface area contributed by atoms with E-state index in [1.807, 2.05) is 12.3 Å². The number of carbonyl (C=O) groups is 1. The van der Waals surface area contributed by atoms with E-state index < -0.39 is 0 Å². The van der Waals surface area contributed by atoms with Gasteiger partial charge in [-0.25, -0.2) is 4.98 Å². The number of rotatable bonds is 2. The summed E-state index contributed by atoms with van der Waals surface area (Å²) in [6.07, 6.45) is 0.843. The van der Waals surface area contributed by atoms with E-state index in [1.54, 1.807) is 11.3 Å². The SMILES string of the molecule is CCc1nc(C2NC(=O)C(C)N2)cs1. The van der Waals surface area contributed by atoms with Gasteiger partial charge >= 0.3 is 0 Å². The van der Waals surface area contributed by atoms with Gasteiger partial charge in [0.25, 0.3) is 0 Å². The van der Waals surface area contributed by atoms with Gasteiger partial charge in [0.1, 0.15) is 6.17 Å². The number of amides is 1. The maximum absolute atomic E-state index is 11.2. The van der Waals surface area contributed by atoms with E-state index in [9.17, 15) is 4.79 Å². The summed E-state index contributed by atoms with van der Waals surface area (Å²) in [4.78, 5) is 15.7. The molecule has 2 unspecified atom stereocenters. The Kier molecular flexibility index (Phi) is 2.52. The van der Waals surface area contributed by atoms with E-state index in [-0.39, 0.29) is 18.1 Å². The summed E-state index contributed by atoms with van der Waals surface area (Å²) in [6.45, 7) is 3.92. The van der Waals surface area contributed by atoms with Gasteiger partial charge in [-0.15, -0.1) is 11.3 Å². The van der Waals surface area contributed by atoms with Gasteiger partial charge in [-0.3, -0.25) is 10.1 Å². The fourth-order valence-corrected chi connectivity index (χ4v) is 2.18. The number of aromatic nitrogens is 1. The molecule has 2 heterocycles. The minimum absolute atomic E-state index is 0.0426. The largest absolute Gasteiger partial charge is 0.334 e. The molecule has 2 N–H and O–H groups in total. The average molecular weight is 211 g/mol. The first-order chi connectivity index (χ1) is 6.70. The van der Waals surface area contributed by atoms with Crippen LogP contribution in [0.25, 0.3) is 0 Å². The molecule has 0 aliphatic carbocycles. The van der Waals surface area contributed by atoms with Crippen LogP contribution in [0.2, 0.25) is 0 Å². The zero-order valence-corrected chi connectivity index (χ0v) is 9.02. The molecule has 0 aromatic carbocycles. The van der Waals surface area contributed by atoms with Crippen LogP contribution in [-0.4, -0.2) is 16.9 Å². The molecule has 14 heavy (non-hydrogen) atoms. The van der Waals surface area contributed by atoms with Crippen molar-refractivity contribution in [3.05, 3.63) is 16.1 Å². The van der Waals surface area contributed by atoms with Crippen molar-refractivity contribution in [1.82, 2.24) is 15.6 Å². The first-order valence-electron chi connectivity index (χ1n) is 4.71. The first kappa shape index (κ1) is 9.61. The molecule has 4 nitrogen and oxygen atoms in total. The van der Waals surface area contributed by atoms with E-state index >= 15 is 0 Å². The molecular weight excluding hydrogens is 198 g/mol. The van der Waals surface area contributed by atoms with Crippen LogP contribution in [0, 0.1) is 0 Å². The number of nitrogens with zero attached hydrogens (tertiary/aromatic N) is 1. The lowest BCUT2D eigenvalue weighted by atomic mass is 10.3. The zero-order valence-electron chi connectivity index (χ0n) is 8.20. The molecule has 2 rings (SSSR count). The fraction of sp³-hybridized carbons (Fsp3) is 0.556. The van der Waals surface area contributed by atoms with Crippen molar-refractivity contribution in [2.24, 2.45) is 0 Å². The number of aryl methyl sites for hydroxylation is 1. The molecule has 1 aromatic rings. The highest BCUT2D eigenvalue weighted by atomic mass is 32.1. The molecule has 5 heteroatoms. The number of thiazole rings is 1. The van der Waals surface area contributed by atoms with Crippen LogP contribution in [-0.2, 0) is 11.2 Å². The lowest BCUT2D eigenvalue weighted by Gasteiger charge is -2.06. The second-order valence-electron chi connectivity index (χ2n) is 3.35. The van der Waals surface area contributed by atoms with Crippen molar-refractivity contribution in [1.29, 1.82) is 0 Å². The normalized spacial score (nSPS) is 26.6. The van der Waals surface area contributed by atoms with Gasteiger partial charge in [-0.1, -0.05) is 6.92 Å². The van der Waals surface area contributed by atoms with Crippen LogP contribution in [0.3, 0.4) is 0 Å². The fourth-order valence-electron chi connectivity index (χ4n) is 1.41. The summed E-state index contributed by atoms with van der Waals surface area (Å²) in [5.74, 6) is 0.0426. The Morgan fingerprint density at radius 2 is 2.43 bits per heavy atom. The molecule has 76 valence electrons. The summed E-state index contributed by atoms with van der Waals surface area (Å²) >= 11 is 1.64. The third-order valence-corrected chi connectivity index (χ3v) is 3.28. The van der Waals surface area contributed by atoms with Gasteiger partial charge in [0.2, 0.25) is 5.91 Å². The van der Waals surface area contributed by atoms with Gasteiger partial charge in [-0.05, 0) is 13.3 Å². The van der Waals surface area contributed by atoms with E-state index in [2.05, 4.69) is 22.5 Å². The van der Waals surface area contributed by atoms with Crippen molar-refractivity contribution in [2.75, 3.05) is 0 Å². The Bertz CT molecular complexity index is 350. The van der Waals surface area contributed by atoms with Gasteiger partial charge < -0.3 is 5.32 Å². The quantitative estimate of drug-likeness (QED) is 0.761. The molecule has 1 aliphatic rings. The molecule has 0 saturated carbocycles. The summed E-state index contributed by atoms with van der Waals surface area (Å²) in [7, 11) is 0. The highest BCUT2D eigenvalue weighted by Crippen LogP contribution is 2.18. The lowest BCUT2D eigenvalue weighted by Crippen LogP contribution is -2.24. The molecule has 1 aromatic heterocycles. The Morgan fingerprint density at radius 1 is 1.64 bits per heavy atom. The van der Waals surface area contributed by atoms with Crippen LogP contribution in [0.4, 0.5) is 0 Å². The van der Waals surface area contributed by atoms with Crippen LogP contribution < -0.4 is 10.6 Å². The lowest BCUT2D eigenvalue weighted by molar-refractivity contribution is -0.120. The van der Waals surface area contributed by atoms with Gasteiger partial charge in [-0.2, -0.15) is 0 Å². The topological polar surface area (TPSA) is 54.0 Å². The molecule has 1 amide bonds. The van der Waals surface area contributed by atoms with Gasteiger partial charge in [0.05, 0.1) is 16.7 Å². The highest BCUT2D eigenvalue weighted by Gasteiger charge is 2.29. The summed E-state index contributed by atoms with van der Waals surface area (Å²) in [5, 5.41) is 9.09. The molecule has 1 aliphatic heterocycles. The molecule has 1 saturated heterocycles. The van der Waals surface area contributed by atoms with Crippen molar-refractivity contribution in [3.63, 3.8) is 0 Å². The van der Waals surface area contributed by atoms with Gasteiger partial charge in [0, 0.05) is 5.38 Å². The van der Waals surface area contributed by atoms with Crippen LogP contribution in [0.15, 0.2) is 5.38 Å². The smallest absolute Gasteiger partial charge is 0.238 e. The van der Waals surface area contributed by atoms with Crippen molar-refractivity contribution < 1.29 is 4.79 Å². The molecular formula is C9H13N3OS. The van der Waals surface area contributed by atoms with E-state index in [0.29, 0.717) is 0 Å². The number of hydrogen-bond acceptors (Lipinski definition) is 4. The summed E-state index contributed by atoms with van der Waals surface area (Å²) in [6, 6.07) is -0.119. The Balaban J connectivity index is 2.13. The average Bonchev–Trinajstić information content (AvgIpc) is 2.74. The zero-order chi connectivity index (χ0) is 10.1. The van der Waals surface area contributed by atoms with Crippen LogP contribution in [0.1, 0.15) is 30.7 Å². The van der Waals surface area contributed by atoms with Crippen molar-refractivity contribution >= 4 is 17.2 Å². The Labute approximate surface area is 86.7 Å². The molecule has 1 fully saturated rings. The maximum Gasteiger partial charge on any atom is 0.238 e. The molecule has 0 bridgehead atoms. The molecule has 2 atom stereocenters. The second-order valence-corrected chi connectivity index (χ2v) is 4.29. The predicted molar refractivity (Wildman–Crippen MR) is 55.0 cm³/mol. The third kappa shape index (κ3) is 1.65. The van der Waals surface area contributed by atoms with Crippen LogP contribution >= 0.6 is 11.3 Å². The van der Waals surface area contributed by atoms with Crippen LogP contribution in [0.5, 0.6) is 0 Å². The number of carbonyl (C=O) groups excluding carboxylic acids is 1. The minimum Gasteiger partial charge on any atom is -0.334 e. The second kappa shape index (κ2) is 3.67. The van der Waals surface area contributed by atoms with Crippen molar-refractivity contribution in [2.45, 2.75) is 32.5 Å². The van der Waals surface area contributed by atoms with E-state index in [0.717, 1.165) is 17.1 Å². The Morgan fingerprint density at radius 3 is 2.93 bits per heavy atom.